The van der Waals surface area contributed by atoms with E-state index in [2.05, 4.69) is 22.7 Å². The minimum atomic E-state index is -1.17. The summed E-state index contributed by atoms with van der Waals surface area (Å²) in [7, 11) is 0. The number of carboxylic acid groups (broad SMARTS) is 1. The lowest BCUT2D eigenvalue weighted by Gasteiger charge is -2.13. The first-order valence-corrected chi connectivity index (χ1v) is 5.46. The molecule has 0 aliphatic carbocycles. The number of carboxylic acids is 1. The fourth-order valence-corrected chi connectivity index (χ4v) is 1.14. The Hall–Kier alpha value is -1.01. The van der Waals surface area contributed by atoms with Gasteiger partial charge in [0, 0.05) is 12.3 Å². The van der Waals surface area contributed by atoms with Gasteiger partial charge in [-0.15, -0.1) is 0 Å². The summed E-state index contributed by atoms with van der Waals surface area (Å²) in [6, 6.07) is -0.585. The fourth-order valence-electron chi connectivity index (χ4n) is 0.861. The first-order valence-electron chi connectivity index (χ1n) is 4.83. The number of carbonyl (C=O) groups excluding carboxylic acids is 1. The summed E-state index contributed by atoms with van der Waals surface area (Å²) < 4.78 is 4.54. The maximum absolute atomic E-state index is 11.3. The van der Waals surface area contributed by atoms with Gasteiger partial charge >= 0.3 is 11.9 Å². The predicted octanol–water partition coefficient (Wildman–Crippen LogP) is 0.468. The topological polar surface area (TPSA) is 75.6 Å². The van der Waals surface area contributed by atoms with Crippen LogP contribution in [-0.2, 0) is 14.3 Å². The Morgan fingerprint density at radius 3 is 2.56 bits per heavy atom. The second kappa shape index (κ2) is 8.18. The predicted molar refractivity (Wildman–Crippen MR) is 63.7 cm³/mol. The van der Waals surface area contributed by atoms with Gasteiger partial charge in [-0.25, -0.2) is 4.79 Å². The minimum absolute atomic E-state index is 0.259. The van der Waals surface area contributed by atoms with Crippen molar-refractivity contribution in [3.8, 4) is 0 Å². The van der Waals surface area contributed by atoms with Crippen molar-refractivity contribution in [1.29, 1.82) is 0 Å². The van der Waals surface area contributed by atoms with E-state index in [9.17, 15) is 9.59 Å². The molecule has 0 saturated heterocycles. The van der Waals surface area contributed by atoms with Crippen molar-refractivity contribution < 1.29 is 19.4 Å². The maximum Gasteiger partial charge on any atom is 0.341 e. The Morgan fingerprint density at radius 1 is 1.50 bits per heavy atom. The molecule has 0 rings (SSSR count). The third-order valence-corrected chi connectivity index (χ3v) is 2.04. The maximum atomic E-state index is 11.3. The zero-order valence-electron chi connectivity index (χ0n) is 9.40. The van der Waals surface area contributed by atoms with Gasteiger partial charge in [0.25, 0.3) is 0 Å². The number of hydrogen-bond acceptors (Lipinski definition) is 5. The molecule has 0 spiro atoms. The number of thiol groups is 1. The number of rotatable bonds is 7. The molecule has 2 N–H and O–H groups in total. The van der Waals surface area contributed by atoms with E-state index in [1.807, 2.05) is 19.9 Å². The molecule has 0 aromatic heterocycles. The van der Waals surface area contributed by atoms with Crippen molar-refractivity contribution in [2.24, 2.45) is 0 Å². The monoisotopic (exact) mass is 247 g/mol. The Bertz CT molecular complexity index is 274. The van der Waals surface area contributed by atoms with Crippen molar-refractivity contribution in [1.82, 2.24) is 5.32 Å². The average molecular weight is 247 g/mol. The molecule has 0 heterocycles. The van der Waals surface area contributed by atoms with Crippen LogP contribution >= 0.6 is 12.6 Å². The highest BCUT2D eigenvalue weighted by atomic mass is 32.1. The summed E-state index contributed by atoms with van der Waals surface area (Å²) in [5.41, 5.74) is 1.13. The van der Waals surface area contributed by atoms with Gasteiger partial charge in [-0.05, 0) is 13.8 Å². The standard InChI is InChI=1S/C10H17NO4S/c1-7(2)3-4-11-8(6-16)10(14)15-5-9(12)13/h3,8,11,16H,4-6H2,1-2H3,(H,12,13)/t8-/m0/s1. The van der Waals surface area contributed by atoms with Gasteiger partial charge in [0.1, 0.15) is 6.04 Å². The lowest BCUT2D eigenvalue weighted by atomic mass is 10.3. The summed E-state index contributed by atoms with van der Waals surface area (Å²) in [6.45, 7) is 3.80. The Balaban J connectivity index is 4.01. The van der Waals surface area contributed by atoms with Gasteiger partial charge in [-0.3, -0.25) is 4.79 Å². The van der Waals surface area contributed by atoms with Gasteiger partial charge in [0.05, 0.1) is 0 Å². The van der Waals surface area contributed by atoms with E-state index in [1.165, 1.54) is 0 Å². The van der Waals surface area contributed by atoms with Gasteiger partial charge < -0.3 is 15.2 Å². The van der Waals surface area contributed by atoms with Crippen LogP contribution in [0.3, 0.4) is 0 Å². The van der Waals surface area contributed by atoms with E-state index in [0.717, 1.165) is 5.57 Å². The highest BCUT2D eigenvalue weighted by Crippen LogP contribution is 1.94. The van der Waals surface area contributed by atoms with Gasteiger partial charge in [-0.1, -0.05) is 11.6 Å². The molecule has 1 atom stereocenters. The number of ether oxygens (including phenoxy) is 1. The van der Waals surface area contributed by atoms with Crippen molar-refractivity contribution >= 4 is 24.6 Å². The summed E-state index contributed by atoms with van der Waals surface area (Å²) in [5.74, 6) is -1.51. The molecule has 6 heteroatoms. The lowest BCUT2D eigenvalue weighted by Crippen LogP contribution is -2.40. The second-order valence-electron chi connectivity index (χ2n) is 3.43. The van der Waals surface area contributed by atoms with Crippen LogP contribution in [0.15, 0.2) is 11.6 Å². The number of allylic oxidation sites excluding steroid dienone is 1. The first-order chi connectivity index (χ1) is 7.47. The van der Waals surface area contributed by atoms with E-state index in [0.29, 0.717) is 6.54 Å². The fraction of sp³-hybridized carbons (Fsp3) is 0.600. The highest BCUT2D eigenvalue weighted by Gasteiger charge is 2.17. The summed E-state index contributed by atoms with van der Waals surface area (Å²) in [4.78, 5) is 21.5. The van der Waals surface area contributed by atoms with Gasteiger partial charge in [0.15, 0.2) is 6.61 Å². The zero-order valence-corrected chi connectivity index (χ0v) is 10.3. The van der Waals surface area contributed by atoms with Crippen LogP contribution in [-0.4, -0.2) is 42.0 Å². The Morgan fingerprint density at radius 2 is 2.12 bits per heavy atom. The van der Waals surface area contributed by atoms with Crippen LogP contribution < -0.4 is 5.32 Å². The van der Waals surface area contributed by atoms with Gasteiger partial charge in [-0.2, -0.15) is 12.6 Å². The molecule has 0 aliphatic heterocycles. The molecule has 0 bridgehead atoms. The largest absolute Gasteiger partial charge is 0.479 e. The molecule has 16 heavy (non-hydrogen) atoms. The second-order valence-corrected chi connectivity index (χ2v) is 3.79. The van der Waals surface area contributed by atoms with Crippen LogP contribution in [0.25, 0.3) is 0 Å². The quantitative estimate of drug-likeness (QED) is 0.346. The van der Waals surface area contributed by atoms with Crippen molar-refractivity contribution in [2.75, 3.05) is 18.9 Å². The normalized spacial score (nSPS) is 11.7. The van der Waals surface area contributed by atoms with E-state index in [-0.39, 0.29) is 5.75 Å². The van der Waals surface area contributed by atoms with Crippen LogP contribution in [0, 0.1) is 0 Å². The molecule has 92 valence electrons. The number of hydrogen-bond donors (Lipinski definition) is 3. The molecule has 0 amide bonds. The van der Waals surface area contributed by atoms with Gasteiger partial charge in [0.2, 0.25) is 0 Å². The Labute approximate surface area is 100 Å². The minimum Gasteiger partial charge on any atom is -0.479 e. The van der Waals surface area contributed by atoms with Crippen molar-refractivity contribution in [3.63, 3.8) is 0 Å². The molecule has 0 radical (unpaired) electrons. The van der Waals surface area contributed by atoms with E-state index >= 15 is 0 Å². The first kappa shape index (κ1) is 15.0. The van der Waals surface area contributed by atoms with E-state index in [1.54, 1.807) is 0 Å². The highest BCUT2D eigenvalue weighted by molar-refractivity contribution is 7.80. The molecule has 0 aliphatic rings. The third kappa shape index (κ3) is 7.30. The number of esters is 1. The molecule has 0 aromatic carbocycles. The molecule has 0 aromatic rings. The number of aliphatic carboxylic acids is 1. The van der Waals surface area contributed by atoms with Crippen LogP contribution in [0.1, 0.15) is 13.8 Å². The smallest absolute Gasteiger partial charge is 0.341 e. The molecule has 5 nitrogen and oxygen atoms in total. The molecular formula is C10H17NO4S. The lowest BCUT2D eigenvalue weighted by molar-refractivity contribution is -0.156. The van der Waals surface area contributed by atoms with Crippen LogP contribution in [0.4, 0.5) is 0 Å². The molecule has 0 unspecified atom stereocenters. The number of nitrogens with one attached hydrogen (secondary N) is 1. The Kier molecular flexibility index (Phi) is 7.66. The van der Waals surface area contributed by atoms with Crippen molar-refractivity contribution in [3.05, 3.63) is 11.6 Å². The van der Waals surface area contributed by atoms with E-state index < -0.39 is 24.6 Å². The molecule has 0 fully saturated rings. The average Bonchev–Trinajstić information content (AvgIpc) is 2.20. The SMILES string of the molecule is CC(C)=CCN[C@@H](CS)C(=O)OCC(=O)O. The zero-order chi connectivity index (χ0) is 12.6. The summed E-state index contributed by atoms with van der Waals surface area (Å²) >= 11 is 3.99. The summed E-state index contributed by atoms with van der Waals surface area (Å²) in [5, 5.41) is 11.2. The third-order valence-electron chi connectivity index (χ3n) is 1.68. The molecular weight excluding hydrogens is 230 g/mol. The van der Waals surface area contributed by atoms with Crippen LogP contribution in [0.5, 0.6) is 0 Å². The van der Waals surface area contributed by atoms with Crippen LogP contribution in [0.2, 0.25) is 0 Å². The van der Waals surface area contributed by atoms with E-state index in [4.69, 9.17) is 5.11 Å². The van der Waals surface area contributed by atoms with Crippen molar-refractivity contribution in [2.45, 2.75) is 19.9 Å². The number of carbonyl (C=O) groups is 2. The molecule has 0 saturated carbocycles. The summed E-state index contributed by atoms with van der Waals surface area (Å²) in [6.07, 6.45) is 1.92.